The molecule has 3 rings (SSSR count). The van der Waals surface area contributed by atoms with E-state index in [1.807, 2.05) is 6.07 Å². The summed E-state index contributed by atoms with van der Waals surface area (Å²) in [5.41, 5.74) is 3.82. The molecule has 0 atom stereocenters. The summed E-state index contributed by atoms with van der Waals surface area (Å²) < 4.78 is 10.7. The maximum atomic E-state index is 12.2. The minimum atomic E-state index is -0.505. The number of methoxy groups -OCH3 is 1. The van der Waals surface area contributed by atoms with Crippen molar-refractivity contribution in [3.8, 4) is 11.5 Å². The molecule has 2 amide bonds. The molecule has 0 aliphatic carbocycles. The quantitative estimate of drug-likeness (QED) is 0.247. The molecule has 2 N–H and O–H groups in total. The van der Waals surface area contributed by atoms with Gasteiger partial charge in [-0.05, 0) is 48.0 Å². The van der Waals surface area contributed by atoms with Crippen molar-refractivity contribution in [1.82, 2.24) is 10.7 Å². The van der Waals surface area contributed by atoms with E-state index in [9.17, 15) is 14.4 Å². The molecule has 32 heavy (non-hydrogen) atoms. The van der Waals surface area contributed by atoms with Crippen molar-refractivity contribution in [2.24, 2.45) is 5.10 Å². The molecule has 0 saturated heterocycles. The summed E-state index contributed by atoms with van der Waals surface area (Å²) in [4.78, 5) is 36.0. The number of amides is 2. The van der Waals surface area contributed by atoms with Crippen LogP contribution in [0, 0.1) is 0 Å². The molecule has 0 heterocycles. The van der Waals surface area contributed by atoms with E-state index in [0.29, 0.717) is 22.4 Å². The largest absolute Gasteiger partial charge is 0.493 e. The number of carbonyl (C=O) groups is 3. The van der Waals surface area contributed by atoms with Crippen molar-refractivity contribution in [3.63, 3.8) is 0 Å². The predicted molar refractivity (Wildman–Crippen MR) is 119 cm³/mol. The zero-order chi connectivity index (χ0) is 22.8. The van der Waals surface area contributed by atoms with Gasteiger partial charge in [-0.15, -0.1) is 0 Å². The Bertz CT molecular complexity index is 1110. The van der Waals surface area contributed by atoms with Crippen LogP contribution in [0.1, 0.15) is 26.3 Å². The molecule has 0 aliphatic rings. The molecule has 0 fully saturated rings. The Balaban J connectivity index is 1.53. The average Bonchev–Trinajstić information content (AvgIpc) is 2.84. The highest BCUT2D eigenvalue weighted by Crippen LogP contribution is 2.28. The second-order valence-corrected chi connectivity index (χ2v) is 6.51. The summed E-state index contributed by atoms with van der Waals surface area (Å²) >= 11 is 0. The van der Waals surface area contributed by atoms with Crippen LogP contribution in [0.15, 0.2) is 84.0 Å². The molecule has 0 aliphatic heterocycles. The molecule has 0 aromatic heterocycles. The van der Waals surface area contributed by atoms with Gasteiger partial charge in [0.1, 0.15) is 0 Å². The fourth-order valence-corrected chi connectivity index (χ4v) is 2.65. The van der Waals surface area contributed by atoms with Gasteiger partial charge in [-0.1, -0.05) is 36.4 Å². The molecule has 3 aromatic carbocycles. The minimum Gasteiger partial charge on any atom is -0.493 e. The molecule has 0 unspecified atom stereocenters. The van der Waals surface area contributed by atoms with Crippen LogP contribution in [0.25, 0.3) is 0 Å². The Morgan fingerprint density at radius 2 is 1.53 bits per heavy atom. The number of ether oxygens (including phenoxy) is 2. The van der Waals surface area contributed by atoms with Crippen molar-refractivity contribution in [1.29, 1.82) is 0 Å². The molecule has 162 valence electrons. The summed E-state index contributed by atoms with van der Waals surface area (Å²) in [6.07, 6.45) is 1.40. The summed E-state index contributed by atoms with van der Waals surface area (Å²) in [5, 5.41) is 6.38. The monoisotopic (exact) mass is 431 g/mol. The molecule has 3 aromatic rings. The maximum absolute atomic E-state index is 12.2. The van der Waals surface area contributed by atoms with E-state index < -0.39 is 11.9 Å². The van der Waals surface area contributed by atoms with Gasteiger partial charge in [0.15, 0.2) is 11.5 Å². The fraction of sp³-hybridized carbons (Fsp3) is 0.0833. The number of nitrogens with one attached hydrogen (secondary N) is 2. The number of benzene rings is 3. The Kier molecular flexibility index (Phi) is 7.69. The molecule has 0 bridgehead atoms. The Labute approximate surface area is 184 Å². The van der Waals surface area contributed by atoms with Crippen molar-refractivity contribution >= 4 is 24.0 Å². The smallest absolute Gasteiger partial charge is 0.343 e. The first-order valence-electron chi connectivity index (χ1n) is 9.67. The number of nitrogens with zero attached hydrogens (tertiary/aromatic N) is 1. The standard InChI is InChI=1S/C24H21N3O5/c1-31-21-14-17(12-13-20(21)32-24(30)19-10-6-3-7-11-19)15-26-27-22(28)16-25-23(29)18-8-4-2-5-9-18/h2-15H,16H2,1H3,(H,25,29)(H,27,28)/b26-15+. The molecule has 8 nitrogen and oxygen atoms in total. The van der Waals surface area contributed by atoms with Gasteiger partial charge in [0.05, 0.1) is 25.4 Å². The van der Waals surface area contributed by atoms with Gasteiger partial charge in [0, 0.05) is 5.56 Å². The summed E-state index contributed by atoms with van der Waals surface area (Å²) in [7, 11) is 1.45. The van der Waals surface area contributed by atoms with E-state index >= 15 is 0 Å². The number of rotatable bonds is 8. The second kappa shape index (κ2) is 11.1. The Hall–Kier alpha value is -4.46. The lowest BCUT2D eigenvalue weighted by Gasteiger charge is -2.10. The third kappa shape index (κ3) is 6.27. The van der Waals surface area contributed by atoms with E-state index in [4.69, 9.17) is 9.47 Å². The molecule has 0 spiro atoms. The zero-order valence-electron chi connectivity index (χ0n) is 17.3. The lowest BCUT2D eigenvalue weighted by Crippen LogP contribution is -2.34. The molecule has 8 heteroatoms. The number of esters is 1. The summed E-state index contributed by atoms with van der Waals surface area (Å²) in [5.74, 6) is -0.748. The SMILES string of the molecule is COc1cc(/C=N/NC(=O)CNC(=O)c2ccccc2)ccc1OC(=O)c1ccccc1. The van der Waals surface area contributed by atoms with E-state index in [2.05, 4.69) is 15.8 Å². The van der Waals surface area contributed by atoms with Crippen LogP contribution in [-0.2, 0) is 4.79 Å². The first-order chi connectivity index (χ1) is 15.6. The topological polar surface area (TPSA) is 106 Å². The third-order valence-electron chi connectivity index (χ3n) is 4.25. The van der Waals surface area contributed by atoms with E-state index in [1.54, 1.807) is 72.8 Å². The van der Waals surface area contributed by atoms with Gasteiger partial charge in [-0.2, -0.15) is 5.10 Å². The second-order valence-electron chi connectivity index (χ2n) is 6.51. The van der Waals surface area contributed by atoms with Crippen LogP contribution in [0.3, 0.4) is 0 Å². The van der Waals surface area contributed by atoms with E-state index in [-0.39, 0.29) is 18.2 Å². The van der Waals surface area contributed by atoms with Crippen LogP contribution in [0.4, 0.5) is 0 Å². The van der Waals surface area contributed by atoms with E-state index in [0.717, 1.165) is 0 Å². The lowest BCUT2D eigenvalue weighted by molar-refractivity contribution is -0.120. The van der Waals surface area contributed by atoms with Gasteiger partial charge in [0.25, 0.3) is 11.8 Å². The van der Waals surface area contributed by atoms with Gasteiger partial charge >= 0.3 is 5.97 Å². The normalized spacial score (nSPS) is 10.4. The highest BCUT2D eigenvalue weighted by molar-refractivity contribution is 5.96. The van der Waals surface area contributed by atoms with E-state index in [1.165, 1.54) is 13.3 Å². The summed E-state index contributed by atoms with van der Waals surface area (Å²) in [6, 6.07) is 22.0. The zero-order valence-corrected chi connectivity index (χ0v) is 17.3. The van der Waals surface area contributed by atoms with Gasteiger partial charge in [-0.25, -0.2) is 10.2 Å². The third-order valence-corrected chi connectivity index (χ3v) is 4.25. The Morgan fingerprint density at radius 3 is 2.19 bits per heavy atom. The molecular weight excluding hydrogens is 410 g/mol. The predicted octanol–water partition coefficient (Wildman–Crippen LogP) is 2.79. The first-order valence-corrected chi connectivity index (χ1v) is 9.67. The lowest BCUT2D eigenvalue weighted by atomic mass is 10.2. The highest BCUT2D eigenvalue weighted by atomic mass is 16.6. The first kappa shape index (κ1) is 22.2. The molecule has 0 saturated carbocycles. The van der Waals surface area contributed by atoms with Gasteiger partial charge in [0.2, 0.25) is 0 Å². The van der Waals surface area contributed by atoms with Crippen LogP contribution >= 0.6 is 0 Å². The fourth-order valence-electron chi connectivity index (χ4n) is 2.65. The minimum absolute atomic E-state index is 0.219. The Morgan fingerprint density at radius 1 is 0.875 bits per heavy atom. The molecular formula is C24H21N3O5. The van der Waals surface area contributed by atoms with Crippen LogP contribution in [0.2, 0.25) is 0 Å². The van der Waals surface area contributed by atoms with Crippen molar-refractivity contribution in [2.75, 3.05) is 13.7 Å². The van der Waals surface area contributed by atoms with Crippen molar-refractivity contribution < 1.29 is 23.9 Å². The van der Waals surface area contributed by atoms with Crippen LogP contribution < -0.4 is 20.2 Å². The average molecular weight is 431 g/mol. The number of carbonyl (C=O) groups excluding carboxylic acids is 3. The van der Waals surface area contributed by atoms with Crippen LogP contribution in [0.5, 0.6) is 11.5 Å². The highest BCUT2D eigenvalue weighted by Gasteiger charge is 2.12. The van der Waals surface area contributed by atoms with Crippen molar-refractivity contribution in [3.05, 3.63) is 95.6 Å². The molecule has 0 radical (unpaired) electrons. The van der Waals surface area contributed by atoms with Gasteiger partial charge in [-0.3, -0.25) is 9.59 Å². The maximum Gasteiger partial charge on any atom is 0.343 e. The number of hydrogen-bond donors (Lipinski definition) is 2. The van der Waals surface area contributed by atoms with Gasteiger partial charge < -0.3 is 14.8 Å². The number of hydrazone groups is 1. The van der Waals surface area contributed by atoms with Crippen molar-refractivity contribution in [2.45, 2.75) is 0 Å². The summed E-state index contributed by atoms with van der Waals surface area (Å²) in [6.45, 7) is -0.219. The van der Waals surface area contributed by atoms with Crippen LogP contribution in [-0.4, -0.2) is 37.7 Å². The number of hydrogen-bond acceptors (Lipinski definition) is 6.